The summed E-state index contributed by atoms with van der Waals surface area (Å²) >= 11 is 6.50. The number of rotatable bonds is 1. The Balaban J connectivity index is 2.32. The van der Waals surface area contributed by atoms with Crippen LogP contribution in [-0.4, -0.2) is 17.3 Å². The molecule has 1 saturated heterocycles. The monoisotopic (exact) mass is 349 g/mol. The zero-order valence-corrected chi connectivity index (χ0v) is 11.6. The highest BCUT2D eigenvalue weighted by Gasteiger charge is 2.28. The minimum atomic E-state index is -0.371. The van der Waals surface area contributed by atoms with Gasteiger partial charge in [-0.3, -0.25) is 4.79 Å². The number of halogens is 3. The lowest BCUT2D eigenvalue weighted by Crippen LogP contribution is -2.42. The van der Waals surface area contributed by atoms with Gasteiger partial charge in [0.15, 0.2) is 0 Å². The summed E-state index contributed by atoms with van der Waals surface area (Å²) in [4.78, 5) is 13.2. The fourth-order valence-corrected chi connectivity index (χ4v) is 2.67. The fourth-order valence-electron chi connectivity index (χ4n) is 1.77. The van der Waals surface area contributed by atoms with Crippen molar-refractivity contribution in [2.75, 3.05) is 11.4 Å². The summed E-state index contributed by atoms with van der Waals surface area (Å²) in [5.41, 5.74) is 0.359. The molecule has 16 heavy (non-hydrogen) atoms. The molecule has 1 heterocycles. The lowest BCUT2D eigenvalue weighted by atomic mass is 10.1. The van der Waals surface area contributed by atoms with E-state index in [1.54, 1.807) is 12.1 Å². The van der Waals surface area contributed by atoms with Crippen molar-refractivity contribution in [2.24, 2.45) is 0 Å². The molecule has 0 aliphatic carbocycles. The van der Waals surface area contributed by atoms with E-state index in [1.165, 1.54) is 11.0 Å². The minimum absolute atomic E-state index is 0.0625. The van der Waals surface area contributed by atoms with Gasteiger partial charge in [0.25, 0.3) is 0 Å². The van der Waals surface area contributed by atoms with Gasteiger partial charge in [0.2, 0.25) is 5.91 Å². The van der Waals surface area contributed by atoms with Gasteiger partial charge in [-0.15, -0.1) is 0 Å². The number of amides is 1. The number of carbonyl (C=O) groups is 1. The Hall–Kier alpha value is -0.420. The van der Waals surface area contributed by atoms with Crippen LogP contribution in [0.5, 0.6) is 0 Å². The van der Waals surface area contributed by atoms with Crippen molar-refractivity contribution in [2.45, 2.75) is 17.7 Å². The maximum Gasteiger partial charge on any atom is 0.240 e. The molecule has 1 aliphatic heterocycles. The third-order valence-electron chi connectivity index (χ3n) is 2.57. The molecule has 5 heteroatoms. The van der Waals surface area contributed by atoms with Crippen LogP contribution in [0.15, 0.2) is 22.7 Å². The first-order valence-electron chi connectivity index (χ1n) is 5.00. The average Bonchev–Trinajstić information content (AvgIpc) is 2.23. The van der Waals surface area contributed by atoms with Crippen molar-refractivity contribution in [1.82, 2.24) is 0 Å². The Morgan fingerprint density at radius 3 is 2.88 bits per heavy atom. The van der Waals surface area contributed by atoms with Crippen molar-refractivity contribution in [1.29, 1.82) is 0 Å². The van der Waals surface area contributed by atoms with Crippen LogP contribution in [0.3, 0.4) is 0 Å². The van der Waals surface area contributed by atoms with E-state index in [-0.39, 0.29) is 16.6 Å². The zero-order chi connectivity index (χ0) is 11.7. The molecule has 0 aromatic heterocycles. The molecule has 1 aromatic carbocycles. The molecule has 86 valence electrons. The van der Waals surface area contributed by atoms with E-state index in [0.29, 0.717) is 16.7 Å². The largest absolute Gasteiger partial charge is 0.309 e. The van der Waals surface area contributed by atoms with Gasteiger partial charge in [-0.25, -0.2) is 4.39 Å². The number of alkyl halides is 1. The van der Waals surface area contributed by atoms with Crippen molar-refractivity contribution in [3.63, 3.8) is 0 Å². The molecular formula is C11H10Br2FNO. The summed E-state index contributed by atoms with van der Waals surface area (Å²) < 4.78 is 14.4. The lowest BCUT2D eigenvalue weighted by Gasteiger charge is -2.30. The molecule has 2 nitrogen and oxygen atoms in total. The normalized spacial score (nSPS) is 21.3. The van der Waals surface area contributed by atoms with Gasteiger partial charge < -0.3 is 4.90 Å². The van der Waals surface area contributed by atoms with E-state index < -0.39 is 0 Å². The first-order chi connectivity index (χ1) is 7.59. The Bertz CT molecular complexity index is 424. The van der Waals surface area contributed by atoms with Crippen molar-refractivity contribution >= 4 is 43.5 Å². The van der Waals surface area contributed by atoms with E-state index in [4.69, 9.17) is 0 Å². The second-order valence-corrected chi connectivity index (χ2v) is 5.72. The summed E-state index contributed by atoms with van der Waals surface area (Å²) in [5, 5.41) is 0. The highest BCUT2D eigenvalue weighted by molar-refractivity contribution is 9.10. The van der Waals surface area contributed by atoms with Gasteiger partial charge in [0.05, 0.1) is 10.5 Å². The number of hydrogen-bond acceptors (Lipinski definition) is 1. The molecule has 0 saturated carbocycles. The van der Waals surface area contributed by atoms with Crippen molar-refractivity contribution < 1.29 is 9.18 Å². The van der Waals surface area contributed by atoms with Gasteiger partial charge in [-0.2, -0.15) is 0 Å². The number of anilines is 1. The average molecular weight is 351 g/mol. The molecule has 1 fully saturated rings. The van der Waals surface area contributed by atoms with Crippen molar-refractivity contribution in [3.8, 4) is 0 Å². The summed E-state index contributed by atoms with van der Waals surface area (Å²) in [6, 6.07) is 4.74. The highest BCUT2D eigenvalue weighted by atomic mass is 79.9. The number of nitrogens with zero attached hydrogens (tertiary/aromatic N) is 1. The molecule has 0 spiro atoms. The zero-order valence-electron chi connectivity index (χ0n) is 8.42. The van der Waals surface area contributed by atoms with E-state index in [2.05, 4.69) is 31.9 Å². The second kappa shape index (κ2) is 4.84. The van der Waals surface area contributed by atoms with Crippen LogP contribution in [0, 0.1) is 5.82 Å². The molecule has 0 radical (unpaired) electrons. The Kier molecular flexibility index (Phi) is 3.64. The molecule has 1 amide bonds. The van der Waals surface area contributed by atoms with Crippen LogP contribution in [0.4, 0.5) is 10.1 Å². The van der Waals surface area contributed by atoms with E-state index in [1.807, 2.05) is 0 Å². The van der Waals surface area contributed by atoms with Crippen LogP contribution in [0.25, 0.3) is 0 Å². The van der Waals surface area contributed by atoms with Crippen LogP contribution in [0.2, 0.25) is 0 Å². The molecular weight excluding hydrogens is 341 g/mol. The Morgan fingerprint density at radius 2 is 2.19 bits per heavy atom. The summed E-state index contributed by atoms with van der Waals surface area (Å²) in [7, 11) is 0. The topological polar surface area (TPSA) is 20.3 Å². The van der Waals surface area contributed by atoms with Crippen LogP contribution >= 0.6 is 31.9 Å². The number of piperidine rings is 1. The number of benzene rings is 1. The third kappa shape index (κ3) is 2.30. The quantitative estimate of drug-likeness (QED) is 0.710. The third-order valence-corrected chi connectivity index (χ3v) is 3.92. The Morgan fingerprint density at radius 1 is 1.44 bits per heavy atom. The molecule has 0 N–H and O–H groups in total. The van der Waals surface area contributed by atoms with Crippen LogP contribution in [0.1, 0.15) is 12.8 Å². The molecule has 1 unspecified atom stereocenters. The molecule has 1 aromatic rings. The van der Waals surface area contributed by atoms with Gasteiger partial charge in [0.1, 0.15) is 5.82 Å². The summed E-state index contributed by atoms with van der Waals surface area (Å²) in [6.45, 7) is 0.583. The summed E-state index contributed by atoms with van der Waals surface area (Å²) in [5.74, 6) is -0.434. The predicted octanol–water partition coefficient (Wildman–Crippen LogP) is 3.48. The van der Waals surface area contributed by atoms with Gasteiger partial charge in [0, 0.05) is 11.0 Å². The maximum atomic E-state index is 13.7. The SMILES string of the molecule is O=C1C(Br)CCCN1c1ccc(Br)cc1F. The molecule has 1 atom stereocenters. The fraction of sp³-hybridized carbons (Fsp3) is 0.364. The van der Waals surface area contributed by atoms with Gasteiger partial charge in [-0.1, -0.05) is 31.9 Å². The molecule has 2 rings (SSSR count). The minimum Gasteiger partial charge on any atom is -0.309 e. The van der Waals surface area contributed by atoms with Crippen molar-refractivity contribution in [3.05, 3.63) is 28.5 Å². The van der Waals surface area contributed by atoms with Gasteiger partial charge in [-0.05, 0) is 31.0 Å². The van der Waals surface area contributed by atoms with E-state index in [9.17, 15) is 9.18 Å². The number of hydrogen-bond donors (Lipinski definition) is 0. The van der Waals surface area contributed by atoms with Crippen LogP contribution in [-0.2, 0) is 4.79 Å². The second-order valence-electron chi connectivity index (χ2n) is 3.70. The molecule has 1 aliphatic rings. The first-order valence-corrected chi connectivity index (χ1v) is 6.71. The highest BCUT2D eigenvalue weighted by Crippen LogP contribution is 2.28. The Labute approximate surface area is 110 Å². The van der Waals surface area contributed by atoms with Crippen LogP contribution < -0.4 is 4.90 Å². The van der Waals surface area contributed by atoms with E-state index in [0.717, 1.165) is 12.8 Å². The number of carbonyl (C=O) groups excluding carboxylic acids is 1. The smallest absolute Gasteiger partial charge is 0.240 e. The van der Waals surface area contributed by atoms with E-state index >= 15 is 0 Å². The first kappa shape index (κ1) is 12.0. The standard InChI is InChI=1S/C11H10Br2FNO/c12-7-3-4-10(9(14)6-7)15-5-1-2-8(13)11(15)16/h3-4,6,8H,1-2,5H2. The van der Waals surface area contributed by atoms with Gasteiger partial charge >= 0.3 is 0 Å². The maximum absolute atomic E-state index is 13.7. The predicted molar refractivity (Wildman–Crippen MR) is 68.4 cm³/mol. The summed E-state index contributed by atoms with van der Waals surface area (Å²) in [6.07, 6.45) is 1.70. The lowest BCUT2D eigenvalue weighted by molar-refractivity contribution is -0.118. The molecule has 0 bridgehead atoms.